The van der Waals surface area contributed by atoms with Crippen molar-refractivity contribution in [3.8, 4) is 11.3 Å². The van der Waals surface area contributed by atoms with Crippen molar-refractivity contribution in [3.63, 3.8) is 0 Å². The van der Waals surface area contributed by atoms with Gasteiger partial charge in [-0.05, 0) is 20.3 Å². The summed E-state index contributed by atoms with van der Waals surface area (Å²) in [5.41, 5.74) is 8.71. The van der Waals surface area contributed by atoms with Crippen LogP contribution in [0.2, 0.25) is 0 Å². The van der Waals surface area contributed by atoms with E-state index in [9.17, 15) is 13.2 Å². The van der Waals surface area contributed by atoms with E-state index in [4.69, 9.17) is 5.73 Å². The number of hydrogen-bond donors (Lipinski definition) is 2. The quantitative estimate of drug-likeness (QED) is 0.814. The van der Waals surface area contributed by atoms with Crippen LogP contribution in [0.1, 0.15) is 16.9 Å². The average Bonchev–Trinajstić information content (AvgIpc) is 2.85. The molecule has 6 nitrogen and oxygen atoms in total. The van der Waals surface area contributed by atoms with E-state index in [1.54, 1.807) is 0 Å². The zero-order valence-corrected chi connectivity index (χ0v) is 15.5. The molecule has 8 heteroatoms. The van der Waals surface area contributed by atoms with Gasteiger partial charge in [0.2, 0.25) is 5.91 Å². The fourth-order valence-electron chi connectivity index (χ4n) is 2.10. The monoisotopic (exact) mass is 367 g/mol. The van der Waals surface area contributed by atoms with Crippen LogP contribution in [0.3, 0.4) is 0 Å². The van der Waals surface area contributed by atoms with Crippen LogP contribution >= 0.6 is 11.3 Å². The molecule has 1 aromatic heterocycles. The van der Waals surface area contributed by atoms with Gasteiger partial charge < -0.3 is 11.1 Å². The summed E-state index contributed by atoms with van der Waals surface area (Å²) in [4.78, 5) is 17.5. The van der Waals surface area contributed by atoms with Crippen LogP contribution in [0.5, 0.6) is 0 Å². The van der Waals surface area contributed by atoms with E-state index in [2.05, 4.69) is 10.3 Å². The van der Waals surface area contributed by atoms with Crippen LogP contribution in [0.25, 0.3) is 11.3 Å². The largest absolute Gasteiger partial charge is 0.320 e. The third kappa shape index (κ3) is 5.12. The third-order valence-electron chi connectivity index (χ3n) is 3.49. The topological polar surface area (TPSA) is 102 Å². The molecular formula is C16H21N3O3S2. The van der Waals surface area contributed by atoms with Crippen LogP contribution in [-0.2, 0) is 14.6 Å². The first-order valence-electron chi connectivity index (χ1n) is 7.44. The molecule has 0 bridgehead atoms. The van der Waals surface area contributed by atoms with Gasteiger partial charge in [-0.25, -0.2) is 13.4 Å². The van der Waals surface area contributed by atoms with Gasteiger partial charge >= 0.3 is 0 Å². The molecule has 0 fully saturated rings. The standard InChI is InChI=1S/C16H21N3O3S2/c1-10-4-6-12(7-5-10)14-11(2)23-16(18-14)19-15(20)13(17)8-9-24(3,21)22/h4-7,13H,8-9,17H2,1-3H3,(H,18,19,20). The van der Waals surface area contributed by atoms with E-state index in [0.29, 0.717) is 5.13 Å². The number of benzene rings is 1. The predicted octanol–water partition coefficient (Wildman–Crippen LogP) is 2.13. The Labute approximate surface area is 146 Å². The van der Waals surface area contributed by atoms with Gasteiger partial charge in [0, 0.05) is 16.7 Å². The average molecular weight is 367 g/mol. The van der Waals surface area contributed by atoms with Gasteiger partial charge in [-0.2, -0.15) is 0 Å². The number of carbonyl (C=O) groups excluding carboxylic acids is 1. The van der Waals surface area contributed by atoms with E-state index in [1.807, 2.05) is 38.1 Å². The number of carbonyl (C=O) groups is 1. The smallest absolute Gasteiger partial charge is 0.243 e. The van der Waals surface area contributed by atoms with Gasteiger partial charge in [0.25, 0.3) is 0 Å². The first-order chi connectivity index (χ1) is 11.2. The lowest BCUT2D eigenvalue weighted by Gasteiger charge is -2.09. The van der Waals surface area contributed by atoms with Crippen LogP contribution in [0.15, 0.2) is 24.3 Å². The fourth-order valence-corrected chi connectivity index (χ4v) is 3.62. The molecule has 3 N–H and O–H groups in total. The maximum absolute atomic E-state index is 12.1. The number of amides is 1. The molecule has 0 aliphatic carbocycles. The lowest BCUT2D eigenvalue weighted by atomic mass is 10.1. The van der Waals surface area contributed by atoms with Crippen LogP contribution in [0.4, 0.5) is 5.13 Å². The normalized spacial score (nSPS) is 12.8. The van der Waals surface area contributed by atoms with Crippen LogP contribution in [-0.4, -0.2) is 37.4 Å². The molecule has 2 rings (SSSR count). The second-order valence-corrected chi connectivity index (χ2v) is 9.27. The van der Waals surface area contributed by atoms with Crippen molar-refractivity contribution in [1.82, 2.24) is 4.98 Å². The molecule has 1 atom stereocenters. The lowest BCUT2D eigenvalue weighted by Crippen LogP contribution is -2.37. The van der Waals surface area contributed by atoms with Gasteiger partial charge in [0.15, 0.2) is 5.13 Å². The van der Waals surface area contributed by atoms with Gasteiger partial charge in [-0.15, -0.1) is 11.3 Å². The minimum atomic E-state index is -3.14. The highest BCUT2D eigenvalue weighted by molar-refractivity contribution is 7.90. The predicted molar refractivity (Wildman–Crippen MR) is 98.0 cm³/mol. The highest BCUT2D eigenvalue weighted by atomic mass is 32.2. The van der Waals surface area contributed by atoms with Crippen LogP contribution < -0.4 is 11.1 Å². The molecule has 0 radical (unpaired) electrons. The lowest BCUT2D eigenvalue weighted by molar-refractivity contribution is -0.117. The maximum Gasteiger partial charge on any atom is 0.243 e. The SMILES string of the molecule is Cc1ccc(-c2nc(NC(=O)C(N)CCS(C)(=O)=O)sc2C)cc1. The minimum absolute atomic E-state index is 0.0832. The number of anilines is 1. The Bertz CT molecular complexity index is 827. The molecular weight excluding hydrogens is 346 g/mol. The fraction of sp³-hybridized carbons (Fsp3) is 0.375. The first kappa shape index (κ1) is 18.6. The number of thiazole rings is 1. The molecule has 0 aliphatic rings. The molecule has 0 spiro atoms. The zero-order chi connectivity index (χ0) is 17.9. The summed E-state index contributed by atoms with van der Waals surface area (Å²) in [6.07, 6.45) is 1.20. The van der Waals surface area contributed by atoms with Crippen molar-refractivity contribution >= 4 is 32.2 Å². The summed E-state index contributed by atoms with van der Waals surface area (Å²) in [6.45, 7) is 3.95. The van der Waals surface area contributed by atoms with Crippen LogP contribution in [0, 0.1) is 13.8 Å². The number of sulfone groups is 1. The number of aromatic nitrogens is 1. The zero-order valence-electron chi connectivity index (χ0n) is 13.9. The molecule has 0 aliphatic heterocycles. The number of nitrogens with zero attached hydrogens (tertiary/aromatic N) is 1. The number of rotatable bonds is 6. The number of hydrogen-bond acceptors (Lipinski definition) is 6. The number of nitrogens with one attached hydrogen (secondary N) is 1. The van der Waals surface area contributed by atoms with Crippen molar-refractivity contribution in [2.24, 2.45) is 5.73 Å². The second-order valence-electron chi connectivity index (χ2n) is 5.80. The van der Waals surface area contributed by atoms with E-state index < -0.39 is 21.8 Å². The summed E-state index contributed by atoms with van der Waals surface area (Å²) < 4.78 is 22.3. The molecule has 24 heavy (non-hydrogen) atoms. The van der Waals surface area contributed by atoms with E-state index >= 15 is 0 Å². The Hall–Kier alpha value is -1.77. The summed E-state index contributed by atoms with van der Waals surface area (Å²) in [5.74, 6) is -0.546. The molecule has 1 heterocycles. The Balaban J connectivity index is 2.07. The molecule has 1 aromatic carbocycles. The number of aryl methyl sites for hydroxylation is 2. The van der Waals surface area contributed by atoms with Crippen molar-refractivity contribution < 1.29 is 13.2 Å². The van der Waals surface area contributed by atoms with E-state index in [0.717, 1.165) is 28.0 Å². The molecule has 1 unspecified atom stereocenters. The van der Waals surface area contributed by atoms with Crippen molar-refractivity contribution in [2.75, 3.05) is 17.3 Å². The first-order valence-corrected chi connectivity index (χ1v) is 10.3. The highest BCUT2D eigenvalue weighted by Gasteiger charge is 2.18. The Morgan fingerprint density at radius 1 is 1.29 bits per heavy atom. The second kappa shape index (κ2) is 7.42. The van der Waals surface area contributed by atoms with Crippen molar-refractivity contribution in [3.05, 3.63) is 34.7 Å². The minimum Gasteiger partial charge on any atom is -0.320 e. The molecule has 1 amide bonds. The summed E-state index contributed by atoms with van der Waals surface area (Å²) in [5, 5.41) is 3.13. The number of nitrogens with two attached hydrogens (primary N) is 1. The Morgan fingerprint density at radius 2 is 1.92 bits per heavy atom. The van der Waals surface area contributed by atoms with Gasteiger partial charge in [0.1, 0.15) is 9.84 Å². The molecule has 0 saturated heterocycles. The maximum atomic E-state index is 12.1. The summed E-state index contributed by atoms with van der Waals surface area (Å²) >= 11 is 1.37. The Morgan fingerprint density at radius 3 is 2.50 bits per heavy atom. The van der Waals surface area contributed by atoms with Gasteiger partial charge in [0.05, 0.1) is 17.5 Å². The van der Waals surface area contributed by atoms with Crippen molar-refractivity contribution in [2.45, 2.75) is 26.3 Å². The van der Waals surface area contributed by atoms with Crippen molar-refractivity contribution in [1.29, 1.82) is 0 Å². The molecule has 2 aromatic rings. The highest BCUT2D eigenvalue weighted by Crippen LogP contribution is 2.30. The van der Waals surface area contributed by atoms with Gasteiger partial charge in [-0.1, -0.05) is 29.8 Å². The molecule has 130 valence electrons. The summed E-state index contributed by atoms with van der Waals surface area (Å²) in [6, 6.07) is 7.11. The van der Waals surface area contributed by atoms with Gasteiger partial charge in [-0.3, -0.25) is 4.79 Å². The third-order valence-corrected chi connectivity index (χ3v) is 5.35. The van der Waals surface area contributed by atoms with E-state index in [1.165, 1.54) is 11.3 Å². The molecule has 0 saturated carbocycles. The Kier molecular flexibility index (Phi) is 5.74. The summed E-state index contributed by atoms with van der Waals surface area (Å²) in [7, 11) is -3.14. The van der Waals surface area contributed by atoms with E-state index in [-0.39, 0.29) is 12.2 Å².